The molecule has 4 rings (SSSR count). The van der Waals surface area contributed by atoms with Crippen LogP contribution in [0.2, 0.25) is 0 Å². The number of benzene rings is 2. The number of amides is 2. The molecule has 1 aromatic heterocycles. The number of hydrogen-bond acceptors (Lipinski definition) is 4. The SMILES string of the molecule is C[C@H](C(=O)NC(c1ccccc1)c1ccccc1)N1CCN(C(=O)c2ccco2)CC1. The average Bonchev–Trinajstić information content (AvgIpc) is 3.38. The Morgan fingerprint density at radius 1 is 0.839 bits per heavy atom. The molecule has 31 heavy (non-hydrogen) atoms. The van der Waals surface area contributed by atoms with Crippen LogP contribution in [0, 0.1) is 0 Å². The van der Waals surface area contributed by atoms with Gasteiger partial charge in [-0.15, -0.1) is 0 Å². The molecule has 1 atom stereocenters. The van der Waals surface area contributed by atoms with Crippen molar-refractivity contribution in [2.45, 2.75) is 19.0 Å². The van der Waals surface area contributed by atoms with Crippen molar-refractivity contribution in [2.75, 3.05) is 26.2 Å². The van der Waals surface area contributed by atoms with Crippen LogP contribution in [0.4, 0.5) is 0 Å². The molecule has 1 saturated heterocycles. The molecule has 0 spiro atoms. The predicted molar refractivity (Wildman–Crippen MR) is 119 cm³/mol. The van der Waals surface area contributed by atoms with Crippen molar-refractivity contribution in [1.29, 1.82) is 0 Å². The molecule has 0 saturated carbocycles. The fraction of sp³-hybridized carbons (Fsp3) is 0.280. The van der Waals surface area contributed by atoms with Crippen LogP contribution in [-0.4, -0.2) is 53.8 Å². The Balaban J connectivity index is 1.40. The van der Waals surface area contributed by atoms with Gasteiger partial charge < -0.3 is 14.6 Å². The number of carbonyl (C=O) groups excluding carboxylic acids is 2. The van der Waals surface area contributed by atoms with Crippen LogP contribution in [0.25, 0.3) is 0 Å². The maximum absolute atomic E-state index is 13.2. The fourth-order valence-electron chi connectivity index (χ4n) is 3.95. The Labute approximate surface area is 182 Å². The molecule has 0 unspecified atom stereocenters. The first-order chi connectivity index (χ1) is 15.1. The van der Waals surface area contributed by atoms with Crippen molar-refractivity contribution in [3.05, 3.63) is 95.9 Å². The number of rotatable bonds is 6. The van der Waals surface area contributed by atoms with Crippen molar-refractivity contribution >= 4 is 11.8 Å². The van der Waals surface area contributed by atoms with Gasteiger partial charge in [-0.25, -0.2) is 0 Å². The predicted octanol–water partition coefficient (Wildman–Crippen LogP) is 3.33. The molecule has 6 heteroatoms. The van der Waals surface area contributed by atoms with Crippen molar-refractivity contribution in [3.8, 4) is 0 Å². The molecule has 1 aliphatic rings. The molecule has 2 aromatic carbocycles. The van der Waals surface area contributed by atoms with Gasteiger partial charge in [-0.1, -0.05) is 60.7 Å². The summed E-state index contributed by atoms with van der Waals surface area (Å²) in [6.07, 6.45) is 1.51. The third kappa shape index (κ3) is 4.86. The van der Waals surface area contributed by atoms with E-state index in [4.69, 9.17) is 4.42 Å². The zero-order valence-corrected chi connectivity index (χ0v) is 17.6. The molecular weight excluding hydrogens is 390 g/mol. The van der Waals surface area contributed by atoms with Crippen LogP contribution in [0.1, 0.15) is 34.6 Å². The molecule has 1 N–H and O–H groups in total. The molecule has 3 aromatic rings. The summed E-state index contributed by atoms with van der Waals surface area (Å²) in [5.74, 6) is 0.228. The molecule has 2 amide bonds. The van der Waals surface area contributed by atoms with E-state index in [1.54, 1.807) is 17.0 Å². The summed E-state index contributed by atoms with van der Waals surface area (Å²) >= 11 is 0. The Morgan fingerprint density at radius 2 is 1.42 bits per heavy atom. The maximum atomic E-state index is 13.2. The topological polar surface area (TPSA) is 65.8 Å². The molecule has 6 nitrogen and oxygen atoms in total. The van der Waals surface area contributed by atoms with Gasteiger partial charge in [0.2, 0.25) is 5.91 Å². The second kappa shape index (κ2) is 9.62. The molecule has 160 valence electrons. The molecule has 0 bridgehead atoms. The van der Waals surface area contributed by atoms with E-state index in [9.17, 15) is 9.59 Å². The number of hydrogen-bond donors (Lipinski definition) is 1. The van der Waals surface area contributed by atoms with E-state index >= 15 is 0 Å². The third-order valence-electron chi connectivity index (χ3n) is 5.81. The number of piperazine rings is 1. The number of nitrogens with zero attached hydrogens (tertiary/aromatic N) is 2. The van der Waals surface area contributed by atoms with Crippen LogP contribution in [0.15, 0.2) is 83.5 Å². The smallest absolute Gasteiger partial charge is 0.289 e. The molecule has 2 heterocycles. The van der Waals surface area contributed by atoms with Crippen molar-refractivity contribution in [1.82, 2.24) is 15.1 Å². The maximum Gasteiger partial charge on any atom is 0.289 e. The van der Waals surface area contributed by atoms with E-state index in [-0.39, 0.29) is 23.9 Å². The quantitative estimate of drug-likeness (QED) is 0.668. The lowest BCUT2D eigenvalue weighted by molar-refractivity contribution is -0.127. The van der Waals surface area contributed by atoms with Crippen LogP contribution < -0.4 is 5.32 Å². The number of furan rings is 1. The summed E-state index contributed by atoms with van der Waals surface area (Å²) in [5.41, 5.74) is 2.09. The van der Waals surface area contributed by atoms with E-state index < -0.39 is 0 Å². The summed E-state index contributed by atoms with van der Waals surface area (Å²) < 4.78 is 5.22. The first-order valence-electron chi connectivity index (χ1n) is 10.6. The molecule has 1 fully saturated rings. The van der Waals surface area contributed by atoms with Crippen molar-refractivity contribution in [3.63, 3.8) is 0 Å². The largest absolute Gasteiger partial charge is 0.459 e. The standard InChI is InChI=1S/C25H27N3O3/c1-19(27-14-16-28(17-15-27)25(30)22-13-8-18-31-22)24(29)26-23(20-9-4-2-5-10-20)21-11-6-3-7-12-21/h2-13,18-19,23H,14-17H2,1H3,(H,26,29)/t19-/m1/s1. The molecule has 0 radical (unpaired) electrons. The Bertz CT molecular complexity index is 942. The minimum Gasteiger partial charge on any atom is -0.459 e. The Kier molecular flexibility index (Phi) is 6.48. The first-order valence-corrected chi connectivity index (χ1v) is 10.6. The molecular formula is C25H27N3O3. The van der Waals surface area contributed by atoms with Crippen LogP contribution in [-0.2, 0) is 4.79 Å². The van der Waals surface area contributed by atoms with Gasteiger partial charge in [0.15, 0.2) is 5.76 Å². The van der Waals surface area contributed by atoms with Crippen molar-refractivity contribution < 1.29 is 14.0 Å². The van der Waals surface area contributed by atoms with Gasteiger partial charge in [-0.05, 0) is 30.2 Å². The van der Waals surface area contributed by atoms with E-state index in [1.807, 2.05) is 67.6 Å². The summed E-state index contributed by atoms with van der Waals surface area (Å²) in [6, 6.07) is 22.9. The minimum atomic E-state index is -0.296. The van der Waals surface area contributed by atoms with Gasteiger partial charge in [-0.2, -0.15) is 0 Å². The molecule has 0 aliphatic carbocycles. The van der Waals surface area contributed by atoms with E-state index in [1.165, 1.54) is 6.26 Å². The number of carbonyl (C=O) groups is 2. The van der Waals surface area contributed by atoms with Gasteiger partial charge in [-0.3, -0.25) is 14.5 Å². The summed E-state index contributed by atoms with van der Waals surface area (Å²) in [6.45, 7) is 4.34. The second-order valence-electron chi connectivity index (χ2n) is 7.74. The summed E-state index contributed by atoms with van der Waals surface area (Å²) in [7, 11) is 0. The molecule has 1 aliphatic heterocycles. The normalized spacial score (nSPS) is 15.6. The highest BCUT2D eigenvalue weighted by Crippen LogP contribution is 2.22. The van der Waals surface area contributed by atoms with Crippen molar-refractivity contribution in [2.24, 2.45) is 0 Å². The summed E-state index contributed by atoms with van der Waals surface area (Å²) in [5, 5.41) is 3.23. The van der Waals surface area contributed by atoms with Gasteiger partial charge >= 0.3 is 0 Å². The van der Waals surface area contributed by atoms with Gasteiger partial charge in [0.1, 0.15) is 0 Å². The lowest BCUT2D eigenvalue weighted by Gasteiger charge is -2.37. The van der Waals surface area contributed by atoms with Crippen LogP contribution >= 0.6 is 0 Å². The first kappa shape index (κ1) is 20.9. The number of nitrogens with one attached hydrogen (secondary N) is 1. The second-order valence-corrected chi connectivity index (χ2v) is 7.74. The Hall–Kier alpha value is -3.38. The van der Waals surface area contributed by atoms with Gasteiger partial charge in [0.25, 0.3) is 5.91 Å². The summed E-state index contributed by atoms with van der Waals surface area (Å²) in [4.78, 5) is 29.5. The monoisotopic (exact) mass is 417 g/mol. The van der Waals surface area contributed by atoms with Gasteiger partial charge in [0.05, 0.1) is 18.3 Å². The lowest BCUT2D eigenvalue weighted by Crippen LogP contribution is -2.55. The zero-order chi connectivity index (χ0) is 21.6. The average molecular weight is 418 g/mol. The lowest BCUT2D eigenvalue weighted by atomic mass is 9.98. The van der Waals surface area contributed by atoms with Gasteiger partial charge in [0, 0.05) is 26.2 Å². The van der Waals surface area contributed by atoms with Crippen LogP contribution in [0.3, 0.4) is 0 Å². The Morgan fingerprint density at radius 3 is 1.94 bits per heavy atom. The van der Waals surface area contributed by atoms with E-state index in [0.717, 1.165) is 11.1 Å². The van der Waals surface area contributed by atoms with Crippen LogP contribution in [0.5, 0.6) is 0 Å². The highest BCUT2D eigenvalue weighted by atomic mass is 16.3. The van der Waals surface area contributed by atoms with E-state index in [0.29, 0.717) is 31.9 Å². The van der Waals surface area contributed by atoms with E-state index in [2.05, 4.69) is 10.2 Å². The minimum absolute atomic E-state index is 0.0245. The highest BCUT2D eigenvalue weighted by Gasteiger charge is 2.30. The zero-order valence-electron chi connectivity index (χ0n) is 17.6. The fourth-order valence-corrected chi connectivity index (χ4v) is 3.95. The highest BCUT2D eigenvalue weighted by molar-refractivity contribution is 5.91. The third-order valence-corrected chi connectivity index (χ3v) is 5.81.